The van der Waals surface area contributed by atoms with Crippen molar-refractivity contribution < 1.29 is 8.76 Å². The first-order valence-corrected chi connectivity index (χ1v) is 8.37. The molecule has 3 rings (SSSR count). The van der Waals surface area contributed by atoms with E-state index in [-0.39, 0.29) is 5.75 Å². The zero-order valence-electron chi connectivity index (χ0n) is 11.4. The first-order chi connectivity index (χ1) is 9.72. The molecule has 0 bridgehead atoms. The molecular formula is C14H21N3O2S. The molecule has 110 valence electrons. The van der Waals surface area contributed by atoms with Crippen molar-refractivity contribution in [2.45, 2.75) is 0 Å². The minimum atomic E-state index is -1.72. The zero-order chi connectivity index (χ0) is 13.9. The summed E-state index contributed by atoms with van der Waals surface area (Å²) in [5, 5.41) is 6.61. The van der Waals surface area contributed by atoms with Crippen molar-refractivity contribution in [3.05, 3.63) is 24.3 Å². The molecule has 2 aliphatic heterocycles. The minimum Gasteiger partial charge on any atom is -0.384 e. The lowest BCUT2D eigenvalue weighted by Crippen LogP contribution is -2.25. The van der Waals surface area contributed by atoms with Crippen LogP contribution in [0.25, 0.3) is 0 Å². The monoisotopic (exact) mass is 295 g/mol. The topological polar surface area (TPSA) is 64.6 Å². The maximum Gasteiger partial charge on any atom is 0.154 e. The number of nitrogens with zero attached hydrogens (tertiary/aromatic N) is 1. The maximum absolute atomic E-state index is 10.6. The lowest BCUT2D eigenvalue weighted by Gasteiger charge is -2.20. The van der Waals surface area contributed by atoms with Crippen LogP contribution in [0.3, 0.4) is 0 Å². The number of rotatable bonds is 5. The molecule has 0 radical (unpaired) electrons. The summed E-state index contributed by atoms with van der Waals surface area (Å²) in [5.74, 6) is 1.85. The molecule has 0 aliphatic carbocycles. The van der Waals surface area contributed by atoms with Crippen molar-refractivity contribution in [3.63, 3.8) is 0 Å². The molecule has 5 nitrogen and oxygen atoms in total. The number of hydrogen-bond donors (Lipinski definition) is 3. The van der Waals surface area contributed by atoms with E-state index < -0.39 is 11.1 Å². The predicted octanol–water partition coefficient (Wildman–Crippen LogP) is 0.976. The van der Waals surface area contributed by atoms with Gasteiger partial charge in [0.25, 0.3) is 0 Å². The average molecular weight is 295 g/mol. The first-order valence-electron chi connectivity index (χ1n) is 7.09. The second-order valence-electron chi connectivity index (χ2n) is 5.58. The van der Waals surface area contributed by atoms with Crippen molar-refractivity contribution in [1.29, 1.82) is 0 Å². The molecule has 0 saturated carbocycles. The van der Waals surface area contributed by atoms with Gasteiger partial charge in [0.15, 0.2) is 11.1 Å². The summed E-state index contributed by atoms with van der Waals surface area (Å²) in [7, 11) is 0. The van der Waals surface area contributed by atoms with E-state index >= 15 is 0 Å². The number of hydrogen-bond acceptors (Lipinski definition) is 4. The smallest absolute Gasteiger partial charge is 0.154 e. The third kappa shape index (κ3) is 3.13. The number of fused-ring (bicyclic) bond motifs is 1. The first kappa shape index (κ1) is 13.9. The fourth-order valence-electron chi connectivity index (χ4n) is 3.14. The Labute approximate surface area is 122 Å². The van der Waals surface area contributed by atoms with Gasteiger partial charge in [-0.2, -0.15) is 0 Å². The molecule has 1 unspecified atom stereocenters. The van der Waals surface area contributed by atoms with E-state index in [2.05, 4.69) is 27.7 Å². The molecular weight excluding hydrogens is 274 g/mol. The molecule has 3 N–H and O–H groups in total. The van der Waals surface area contributed by atoms with E-state index in [1.165, 1.54) is 5.69 Å². The van der Waals surface area contributed by atoms with Gasteiger partial charge in [-0.05, 0) is 36.1 Å². The van der Waals surface area contributed by atoms with Crippen LogP contribution in [0.15, 0.2) is 24.3 Å². The van der Waals surface area contributed by atoms with Crippen LogP contribution in [0, 0.1) is 11.8 Å². The molecule has 1 aromatic carbocycles. The van der Waals surface area contributed by atoms with Crippen LogP contribution in [0.1, 0.15) is 0 Å². The number of nitrogens with one attached hydrogen (secondary N) is 2. The summed E-state index contributed by atoms with van der Waals surface area (Å²) >= 11 is -1.72. The number of anilines is 2. The lowest BCUT2D eigenvalue weighted by atomic mass is 10.0. The van der Waals surface area contributed by atoms with Gasteiger partial charge in [0, 0.05) is 44.1 Å². The van der Waals surface area contributed by atoms with E-state index in [0.29, 0.717) is 6.54 Å². The van der Waals surface area contributed by atoms with Crippen molar-refractivity contribution in [2.75, 3.05) is 48.7 Å². The second kappa shape index (κ2) is 6.11. The largest absolute Gasteiger partial charge is 0.384 e. The van der Waals surface area contributed by atoms with Crippen molar-refractivity contribution >= 4 is 22.5 Å². The van der Waals surface area contributed by atoms with Crippen LogP contribution >= 0.6 is 0 Å². The normalized spacial score (nSPS) is 26.6. The van der Waals surface area contributed by atoms with Gasteiger partial charge in [0.05, 0.1) is 5.75 Å². The fraction of sp³-hybridized carbons (Fsp3) is 0.571. The molecule has 1 aromatic rings. The Morgan fingerprint density at radius 1 is 1.25 bits per heavy atom. The second-order valence-corrected chi connectivity index (χ2v) is 6.63. The highest BCUT2D eigenvalue weighted by Crippen LogP contribution is 2.30. The van der Waals surface area contributed by atoms with Gasteiger partial charge in [-0.3, -0.25) is 0 Å². The molecule has 0 aromatic heterocycles. The summed E-state index contributed by atoms with van der Waals surface area (Å²) in [6, 6.07) is 8.35. The Morgan fingerprint density at radius 3 is 2.50 bits per heavy atom. The third-order valence-corrected chi connectivity index (χ3v) is 4.78. The van der Waals surface area contributed by atoms with Crippen LogP contribution in [-0.4, -0.2) is 47.2 Å². The SMILES string of the molecule is O=S(O)CCNc1ccc(N2C[C@H]3CNC[C@H]3C2)cc1. The standard InChI is InChI=1S/C14H21N3O2S/c18-20(19)6-5-16-13-1-3-14(4-2-13)17-9-11-7-15-8-12(11)10-17/h1-4,11-12,15-16H,5-10H2,(H,18,19)/t11-,12+. The molecule has 2 saturated heterocycles. The van der Waals surface area contributed by atoms with Gasteiger partial charge in [0.1, 0.15) is 0 Å². The summed E-state index contributed by atoms with van der Waals surface area (Å²) in [4.78, 5) is 2.46. The summed E-state index contributed by atoms with van der Waals surface area (Å²) < 4.78 is 19.3. The van der Waals surface area contributed by atoms with E-state index in [0.717, 1.165) is 43.7 Å². The summed E-state index contributed by atoms with van der Waals surface area (Å²) in [5.41, 5.74) is 2.27. The molecule has 3 atom stereocenters. The highest BCUT2D eigenvalue weighted by molar-refractivity contribution is 7.79. The lowest BCUT2D eigenvalue weighted by molar-refractivity contribution is 0.533. The molecule has 2 aliphatic rings. The van der Waals surface area contributed by atoms with Crippen LogP contribution in [0.5, 0.6) is 0 Å². The maximum atomic E-state index is 10.6. The average Bonchev–Trinajstić information content (AvgIpc) is 3.00. The molecule has 2 fully saturated rings. The van der Waals surface area contributed by atoms with Crippen LogP contribution in [0.4, 0.5) is 11.4 Å². The molecule has 0 amide bonds. The Morgan fingerprint density at radius 2 is 1.90 bits per heavy atom. The Bertz CT molecular complexity index is 468. The zero-order valence-corrected chi connectivity index (χ0v) is 12.2. The molecule has 20 heavy (non-hydrogen) atoms. The predicted molar refractivity (Wildman–Crippen MR) is 82.6 cm³/mol. The summed E-state index contributed by atoms with van der Waals surface area (Å²) in [6.45, 7) is 5.11. The fourth-order valence-corrected chi connectivity index (χ4v) is 3.42. The highest BCUT2D eigenvalue weighted by Gasteiger charge is 2.35. The summed E-state index contributed by atoms with van der Waals surface area (Å²) in [6.07, 6.45) is 0. The number of benzene rings is 1. The van der Waals surface area contributed by atoms with Crippen LogP contribution in [-0.2, 0) is 11.1 Å². The van der Waals surface area contributed by atoms with Crippen LogP contribution in [0.2, 0.25) is 0 Å². The Kier molecular flexibility index (Phi) is 4.24. The molecule has 0 spiro atoms. The van der Waals surface area contributed by atoms with Crippen molar-refractivity contribution in [1.82, 2.24) is 5.32 Å². The minimum absolute atomic E-state index is 0.254. The van der Waals surface area contributed by atoms with Gasteiger partial charge >= 0.3 is 0 Å². The van der Waals surface area contributed by atoms with Crippen LogP contribution < -0.4 is 15.5 Å². The van der Waals surface area contributed by atoms with Gasteiger partial charge in [-0.1, -0.05) is 0 Å². The van der Waals surface area contributed by atoms with Gasteiger partial charge in [0.2, 0.25) is 0 Å². The van der Waals surface area contributed by atoms with E-state index in [1.54, 1.807) is 0 Å². The highest BCUT2D eigenvalue weighted by atomic mass is 32.2. The third-order valence-electron chi connectivity index (χ3n) is 4.23. The quantitative estimate of drug-likeness (QED) is 0.707. The Balaban J connectivity index is 1.55. The van der Waals surface area contributed by atoms with Gasteiger partial charge in [-0.15, -0.1) is 0 Å². The van der Waals surface area contributed by atoms with E-state index in [1.807, 2.05) is 12.1 Å². The Hall–Kier alpha value is -1.11. The molecule has 6 heteroatoms. The van der Waals surface area contributed by atoms with Crippen molar-refractivity contribution in [2.24, 2.45) is 11.8 Å². The van der Waals surface area contributed by atoms with E-state index in [9.17, 15) is 4.21 Å². The van der Waals surface area contributed by atoms with Gasteiger partial charge < -0.3 is 20.1 Å². The van der Waals surface area contributed by atoms with E-state index in [4.69, 9.17) is 4.55 Å². The van der Waals surface area contributed by atoms with Crippen molar-refractivity contribution in [3.8, 4) is 0 Å². The van der Waals surface area contributed by atoms with Gasteiger partial charge in [-0.25, -0.2) is 4.21 Å². The molecule has 2 heterocycles.